The quantitative estimate of drug-likeness (QED) is 0.404. The van der Waals surface area contributed by atoms with Crippen LogP contribution >= 0.6 is 0 Å². The molecule has 170 valence electrons. The molecule has 1 amide bonds. The normalized spacial score (nSPS) is 14.7. The van der Waals surface area contributed by atoms with Gasteiger partial charge < -0.3 is 14.8 Å². The van der Waals surface area contributed by atoms with Crippen molar-refractivity contribution < 1.29 is 14.3 Å². The van der Waals surface area contributed by atoms with Crippen LogP contribution in [0.2, 0.25) is 0 Å². The molecule has 1 aromatic heterocycles. The van der Waals surface area contributed by atoms with Crippen molar-refractivity contribution in [1.82, 2.24) is 15.3 Å². The average molecular weight is 452 g/mol. The summed E-state index contributed by atoms with van der Waals surface area (Å²) in [7, 11) is 1.59. The highest BCUT2D eigenvalue weighted by Gasteiger charge is 2.22. The topological polar surface area (TPSA) is 73.3 Å². The zero-order valence-corrected chi connectivity index (χ0v) is 18.9. The van der Waals surface area contributed by atoms with Crippen LogP contribution in [0.3, 0.4) is 0 Å². The zero-order chi connectivity index (χ0) is 23.3. The summed E-state index contributed by atoms with van der Waals surface area (Å²) >= 11 is 0. The molecule has 34 heavy (non-hydrogen) atoms. The molecule has 1 aliphatic rings. The Bertz CT molecular complexity index is 1320. The molecule has 0 spiro atoms. The summed E-state index contributed by atoms with van der Waals surface area (Å²) in [5.41, 5.74) is 4.59. The van der Waals surface area contributed by atoms with Crippen LogP contribution in [0.25, 0.3) is 11.3 Å². The maximum atomic E-state index is 13.1. The second-order valence-electron chi connectivity index (χ2n) is 8.19. The van der Waals surface area contributed by atoms with E-state index in [1.807, 2.05) is 54.6 Å². The summed E-state index contributed by atoms with van der Waals surface area (Å²) < 4.78 is 11.3. The maximum Gasteiger partial charge on any atom is 0.251 e. The van der Waals surface area contributed by atoms with E-state index in [1.165, 1.54) is 17.5 Å². The second-order valence-corrected chi connectivity index (χ2v) is 8.19. The van der Waals surface area contributed by atoms with Crippen LogP contribution in [0.5, 0.6) is 17.4 Å². The third-order valence-corrected chi connectivity index (χ3v) is 6.02. The summed E-state index contributed by atoms with van der Waals surface area (Å²) in [6.45, 7) is 0. The molecular formula is C28H25N3O3. The molecule has 0 bridgehead atoms. The minimum Gasteiger partial charge on any atom is -0.493 e. The number of aromatic nitrogens is 2. The van der Waals surface area contributed by atoms with E-state index in [4.69, 9.17) is 9.47 Å². The largest absolute Gasteiger partial charge is 0.493 e. The van der Waals surface area contributed by atoms with Crippen LogP contribution in [0.1, 0.15) is 40.4 Å². The van der Waals surface area contributed by atoms with E-state index in [9.17, 15) is 4.79 Å². The van der Waals surface area contributed by atoms with Crippen LogP contribution in [0, 0.1) is 0 Å². The lowest BCUT2D eigenvalue weighted by Gasteiger charge is -2.26. The van der Waals surface area contributed by atoms with Crippen molar-refractivity contribution in [3.8, 4) is 28.6 Å². The molecule has 4 aromatic rings. The molecule has 5 rings (SSSR count). The van der Waals surface area contributed by atoms with Crippen LogP contribution < -0.4 is 14.8 Å². The Kier molecular flexibility index (Phi) is 6.21. The first-order valence-corrected chi connectivity index (χ1v) is 11.3. The van der Waals surface area contributed by atoms with Gasteiger partial charge in [-0.2, -0.15) is 0 Å². The molecule has 0 saturated heterocycles. The number of benzene rings is 3. The summed E-state index contributed by atoms with van der Waals surface area (Å²) in [6, 6.07) is 25.0. The van der Waals surface area contributed by atoms with Crippen molar-refractivity contribution in [1.29, 1.82) is 0 Å². The Morgan fingerprint density at radius 3 is 2.65 bits per heavy atom. The number of carbonyl (C=O) groups excluding carboxylic acids is 1. The number of amides is 1. The van der Waals surface area contributed by atoms with Gasteiger partial charge in [0.15, 0.2) is 11.5 Å². The summed E-state index contributed by atoms with van der Waals surface area (Å²) in [5.74, 6) is 1.48. The first-order chi connectivity index (χ1) is 16.7. The number of hydrogen-bond donors (Lipinski definition) is 1. The van der Waals surface area contributed by atoms with Crippen molar-refractivity contribution in [3.05, 3.63) is 102 Å². The fraction of sp³-hybridized carbons (Fsp3) is 0.179. The van der Waals surface area contributed by atoms with E-state index in [2.05, 4.69) is 33.5 Å². The third-order valence-electron chi connectivity index (χ3n) is 6.02. The van der Waals surface area contributed by atoms with Gasteiger partial charge in [-0.1, -0.05) is 48.5 Å². The highest BCUT2D eigenvalue weighted by molar-refractivity contribution is 5.95. The Morgan fingerprint density at radius 2 is 1.76 bits per heavy atom. The number of aryl methyl sites for hydroxylation is 1. The van der Waals surface area contributed by atoms with E-state index >= 15 is 0 Å². The van der Waals surface area contributed by atoms with E-state index in [-0.39, 0.29) is 11.9 Å². The van der Waals surface area contributed by atoms with Gasteiger partial charge in [-0.05, 0) is 54.7 Å². The molecule has 6 heteroatoms. The zero-order valence-electron chi connectivity index (χ0n) is 18.9. The van der Waals surface area contributed by atoms with Gasteiger partial charge in [0.2, 0.25) is 5.88 Å². The minimum atomic E-state index is -0.0943. The SMILES string of the molecule is COc1ccccc1Oc1cc(-c2cccc(C(=O)NC3CCCc4ccccc43)c2)ncn1. The van der Waals surface area contributed by atoms with Gasteiger partial charge in [-0.15, -0.1) is 0 Å². The number of rotatable bonds is 6. The number of carbonyl (C=O) groups is 1. The lowest BCUT2D eigenvalue weighted by molar-refractivity contribution is 0.0933. The predicted molar refractivity (Wildman–Crippen MR) is 130 cm³/mol. The molecule has 1 heterocycles. The Labute approximate surface area is 198 Å². The van der Waals surface area contributed by atoms with E-state index in [0.717, 1.165) is 24.8 Å². The molecule has 1 aliphatic carbocycles. The van der Waals surface area contributed by atoms with Crippen molar-refractivity contribution in [3.63, 3.8) is 0 Å². The highest BCUT2D eigenvalue weighted by Crippen LogP contribution is 2.32. The number of methoxy groups -OCH3 is 1. The van der Waals surface area contributed by atoms with Crippen molar-refractivity contribution in [2.45, 2.75) is 25.3 Å². The lowest BCUT2D eigenvalue weighted by atomic mass is 9.87. The highest BCUT2D eigenvalue weighted by atomic mass is 16.5. The van der Waals surface area contributed by atoms with Crippen LogP contribution in [0.4, 0.5) is 0 Å². The molecule has 1 N–H and O–H groups in total. The molecule has 1 unspecified atom stereocenters. The predicted octanol–water partition coefficient (Wildman–Crippen LogP) is 5.75. The van der Waals surface area contributed by atoms with Crippen LogP contribution in [0.15, 0.2) is 85.2 Å². The smallest absolute Gasteiger partial charge is 0.251 e. The number of ether oxygens (including phenoxy) is 2. The fourth-order valence-corrected chi connectivity index (χ4v) is 4.33. The van der Waals surface area contributed by atoms with E-state index in [0.29, 0.717) is 28.6 Å². The van der Waals surface area contributed by atoms with E-state index < -0.39 is 0 Å². The van der Waals surface area contributed by atoms with Crippen molar-refractivity contribution >= 4 is 5.91 Å². The summed E-state index contributed by atoms with van der Waals surface area (Å²) in [6.07, 6.45) is 4.52. The van der Waals surface area contributed by atoms with Gasteiger partial charge in [0.25, 0.3) is 5.91 Å². The van der Waals surface area contributed by atoms with E-state index in [1.54, 1.807) is 13.2 Å². The third kappa shape index (κ3) is 4.62. The van der Waals surface area contributed by atoms with Gasteiger partial charge in [0, 0.05) is 17.2 Å². The molecule has 3 aromatic carbocycles. The number of nitrogens with one attached hydrogen (secondary N) is 1. The van der Waals surface area contributed by atoms with Crippen molar-refractivity contribution in [2.75, 3.05) is 7.11 Å². The van der Waals surface area contributed by atoms with Crippen LogP contribution in [-0.2, 0) is 6.42 Å². The van der Waals surface area contributed by atoms with Gasteiger partial charge in [-0.25, -0.2) is 9.97 Å². The number of nitrogens with zero attached hydrogens (tertiary/aromatic N) is 2. The molecule has 0 radical (unpaired) electrons. The first-order valence-electron chi connectivity index (χ1n) is 11.3. The minimum absolute atomic E-state index is 0.0287. The molecule has 6 nitrogen and oxygen atoms in total. The monoisotopic (exact) mass is 451 g/mol. The number of fused-ring (bicyclic) bond motifs is 1. The number of para-hydroxylation sites is 2. The molecule has 0 fully saturated rings. The summed E-state index contributed by atoms with van der Waals surface area (Å²) in [5, 5.41) is 3.22. The molecule has 0 saturated carbocycles. The Morgan fingerprint density at radius 1 is 0.941 bits per heavy atom. The van der Waals surface area contributed by atoms with Crippen molar-refractivity contribution in [2.24, 2.45) is 0 Å². The number of hydrogen-bond acceptors (Lipinski definition) is 5. The van der Waals surface area contributed by atoms with Gasteiger partial charge in [-0.3, -0.25) is 4.79 Å². The van der Waals surface area contributed by atoms with Crippen LogP contribution in [-0.4, -0.2) is 23.0 Å². The lowest BCUT2D eigenvalue weighted by Crippen LogP contribution is -2.30. The fourth-order valence-electron chi connectivity index (χ4n) is 4.33. The average Bonchev–Trinajstić information content (AvgIpc) is 2.89. The Balaban J connectivity index is 1.35. The van der Waals surface area contributed by atoms with Gasteiger partial charge in [0.05, 0.1) is 18.8 Å². The maximum absolute atomic E-state index is 13.1. The standard InChI is InChI=1S/C28H25N3O3/c1-33-25-14-4-5-15-26(25)34-27-17-24(29-18-30-27)20-10-6-11-21(16-20)28(32)31-23-13-7-9-19-8-2-3-12-22(19)23/h2-6,8,10-12,14-18,23H,7,9,13H2,1H3,(H,31,32). The first kappa shape index (κ1) is 21.6. The second kappa shape index (κ2) is 9.75. The summed E-state index contributed by atoms with van der Waals surface area (Å²) in [4.78, 5) is 21.7. The Hall–Kier alpha value is -4.19. The van der Waals surface area contributed by atoms with Gasteiger partial charge >= 0.3 is 0 Å². The van der Waals surface area contributed by atoms with Gasteiger partial charge in [0.1, 0.15) is 6.33 Å². The molecule has 1 atom stereocenters. The molecular weight excluding hydrogens is 426 g/mol. The molecule has 0 aliphatic heterocycles.